The van der Waals surface area contributed by atoms with E-state index < -0.39 is 5.97 Å². The van der Waals surface area contributed by atoms with Crippen LogP contribution < -0.4 is 0 Å². The number of ketones is 1. The lowest BCUT2D eigenvalue weighted by Gasteiger charge is -2.06. The van der Waals surface area contributed by atoms with Crippen LogP contribution >= 0.6 is 11.8 Å². The highest BCUT2D eigenvalue weighted by Gasteiger charge is 2.13. The van der Waals surface area contributed by atoms with E-state index in [0.717, 1.165) is 0 Å². The van der Waals surface area contributed by atoms with Crippen molar-refractivity contribution in [3.8, 4) is 0 Å². The summed E-state index contributed by atoms with van der Waals surface area (Å²) < 4.78 is 4.88. The molecule has 0 aliphatic rings. The number of carbonyl (C=O) groups excluding carboxylic acids is 2. The van der Waals surface area contributed by atoms with Crippen LogP contribution in [0.3, 0.4) is 0 Å². The molecule has 0 amide bonds. The number of esters is 1. The summed E-state index contributed by atoms with van der Waals surface area (Å²) in [6.07, 6.45) is 1.42. The topological polar surface area (TPSA) is 72.0 Å². The molecular formula is C17H20N2O3S. The second kappa shape index (κ2) is 7.97. The number of nitrogens with zero attached hydrogens (tertiary/aromatic N) is 1. The fourth-order valence-corrected chi connectivity index (χ4v) is 2.70. The number of hydrogen-bond acceptors (Lipinski definition) is 5. The number of aromatic amines is 1. The summed E-state index contributed by atoms with van der Waals surface area (Å²) in [5.74, 6) is 0.288. The fraction of sp³-hybridized carbons (Fsp3) is 0.353. The zero-order valence-corrected chi connectivity index (χ0v) is 14.3. The van der Waals surface area contributed by atoms with Gasteiger partial charge in [-0.2, -0.15) is 0 Å². The molecule has 0 atom stereocenters. The minimum atomic E-state index is -0.442. The maximum atomic E-state index is 12.2. The monoisotopic (exact) mass is 332 g/mol. The van der Waals surface area contributed by atoms with Crippen LogP contribution in [0.25, 0.3) is 0 Å². The van der Waals surface area contributed by atoms with Crippen molar-refractivity contribution in [2.75, 3.05) is 12.4 Å². The van der Waals surface area contributed by atoms with Crippen LogP contribution in [-0.2, 0) is 4.74 Å². The van der Waals surface area contributed by atoms with Gasteiger partial charge in [-0.15, -0.1) is 0 Å². The van der Waals surface area contributed by atoms with Crippen molar-refractivity contribution in [2.24, 2.45) is 0 Å². The first-order valence-electron chi connectivity index (χ1n) is 7.49. The third-order valence-corrected chi connectivity index (χ3v) is 4.17. The molecule has 5 nitrogen and oxygen atoms in total. The average Bonchev–Trinajstić information content (AvgIpc) is 3.02. The molecular weight excluding hydrogens is 312 g/mol. The summed E-state index contributed by atoms with van der Waals surface area (Å²) in [6.45, 7) is 6.29. The van der Waals surface area contributed by atoms with E-state index >= 15 is 0 Å². The molecule has 2 aromatic rings. The Kier molecular flexibility index (Phi) is 5.98. The first-order chi connectivity index (χ1) is 11.0. The van der Waals surface area contributed by atoms with Gasteiger partial charge in [0, 0.05) is 5.56 Å². The van der Waals surface area contributed by atoms with Crippen molar-refractivity contribution in [3.63, 3.8) is 0 Å². The lowest BCUT2D eigenvalue weighted by atomic mass is 10.0. The summed E-state index contributed by atoms with van der Waals surface area (Å²) >= 11 is 1.27. The lowest BCUT2D eigenvalue weighted by Crippen LogP contribution is -2.05. The van der Waals surface area contributed by atoms with Crippen LogP contribution in [0.5, 0.6) is 0 Å². The molecule has 1 heterocycles. The summed E-state index contributed by atoms with van der Waals surface area (Å²) in [4.78, 5) is 30.7. The van der Waals surface area contributed by atoms with E-state index in [-0.39, 0.29) is 11.5 Å². The number of aromatic nitrogens is 2. The quantitative estimate of drug-likeness (QED) is 0.476. The Morgan fingerprint density at radius 1 is 1.26 bits per heavy atom. The SMILES string of the molecule is CCOC(=O)c1cnc(SCC(=O)c2ccc(C(C)C)cc2)[nH]1. The molecule has 0 fully saturated rings. The predicted octanol–water partition coefficient (Wildman–Crippen LogP) is 3.68. The molecule has 0 aliphatic heterocycles. The molecule has 0 saturated heterocycles. The Balaban J connectivity index is 1.92. The Bertz CT molecular complexity index is 677. The molecule has 0 unspecified atom stereocenters. The molecule has 23 heavy (non-hydrogen) atoms. The molecule has 0 bridgehead atoms. The van der Waals surface area contributed by atoms with Crippen molar-refractivity contribution < 1.29 is 14.3 Å². The van der Waals surface area contributed by atoms with Gasteiger partial charge >= 0.3 is 5.97 Å². The van der Waals surface area contributed by atoms with Crippen LogP contribution in [0.2, 0.25) is 0 Å². The molecule has 2 rings (SSSR count). The van der Waals surface area contributed by atoms with E-state index in [0.29, 0.717) is 28.9 Å². The molecule has 0 radical (unpaired) electrons. The van der Waals surface area contributed by atoms with Crippen molar-refractivity contribution >= 4 is 23.5 Å². The third-order valence-electron chi connectivity index (χ3n) is 3.29. The van der Waals surface area contributed by atoms with E-state index in [9.17, 15) is 9.59 Å². The number of imidazole rings is 1. The molecule has 0 aliphatic carbocycles. The standard InChI is InChI=1S/C17H20N2O3S/c1-4-22-16(21)14-9-18-17(19-14)23-10-15(20)13-7-5-12(6-8-13)11(2)3/h5-9,11H,4,10H2,1-3H3,(H,18,19). The molecule has 122 valence electrons. The van der Waals surface area contributed by atoms with Gasteiger partial charge in [0.25, 0.3) is 0 Å². The van der Waals surface area contributed by atoms with E-state index in [4.69, 9.17) is 4.74 Å². The highest BCUT2D eigenvalue weighted by atomic mass is 32.2. The normalized spacial score (nSPS) is 10.8. The zero-order valence-electron chi connectivity index (χ0n) is 13.5. The van der Waals surface area contributed by atoms with E-state index in [2.05, 4.69) is 23.8 Å². The average molecular weight is 332 g/mol. The minimum Gasteiger partial charge on any atom is -0.461 e. The molecule has 0 saturated carbocycles. The first kappa shape index (κ1) is 17.3. The second-order valence-corrected chi connectivity index (χ2v) is 6.28. The van der Waals surface area contributed by atoms with Crippen LogP contribution in [0, 0.1) is 0 Å². The fourth-order valence-electron chi connectivity index (χ4n) is 1.96. The number of rotatable bonds is 7. The molecule has 1 aromatic carbocycles. The van der Waals surface area contributed by atoms with Crippen molar-refractivity contribution in [2.45, 2.75) is 31.8 Å². The number of thioether (sulfide) groups is 1. The predicted molar refractivity (Wildman–Crippen MR) is 90.1 cm³/mol. The lowest BCUT2D eigenvalue weighted by molar-refractivity contribution is 0.0519. The summed E-state index contributed by atoms with van der Waals surface area (Å²) in [6, 6.07) is 7.66. The third kappa shape index (κ3) is 4.69. The largest absolute Gasteiger partial charge is 0.461 e. The highest BCUT2D eigenvalue weighted by Crippen LogP contribution is 2.18. The van der Waals surface area contributed by atoms with Crippen LogP contribution in [0.4, 0.5) is 0 Å². The van der Waals surface area contributed by atoms with Crippen LogP contribution in [0.1, 0.15) is 53.1 Å². The number of hydrogen-bond donors (Lipinski definition) is 1. The summed E-state index contributed by atoms with van der Waals surface area (Å²) in [5, 5.41) is 0.528. The minimum absolute atomic E-state index is 0.0272. The highest BCUT2D eigenvalue weighted by molar-refractivity contribution is 7.99. The number of benzene rings is 1. The molecule has 6 heteroatoms. The van der Waals surface area contributed by atoms with Crippen LogP contribution in [0.15, 0.2) is 35.6 Å². The van der Waals surface area contributed by atoms with Crippen molar-refractivity contribution in [1.82, 2.24) is 9.97 Å². The number of ether oxygens (including phenoxy) is 1. The second-order valence-electron chi connectivity index (χ2n) is 5.31. The van der Waals surface area contributed by atoms with Gasteiger partial charge in [0.05, 0.1) is 18.6 Å². The van der Waals surface area contributed by atoms with Gasteiger partial charge in [0.15, 0.2) is 10.9 Å². The van der Waals surface area contributed by atoms with E-state index in [1.807, 2.05) is 24.3 Å². The maximum absolute atomic E-state index is 12.2. The maximum Gasteiger partial charge on any atom is 0.356 e. The summed E-state index contributed by atoms with van der Waals surface area (Å²) in [7, 11) is 0. The van der Waals surface area contributed by atoms with E-state index in [1.165, 1.54) is 23.5 Å². The van der Waals surface area contributed by atoms with Gasteiger partial charge in [-0.05, 0) is 18.4 Å². The van der Waals surface area contributed by atoms with Crippen molar-refractivity contribution in [3.05, 3.63) is 47.3 Å². The van der Waals surface area contributed by atoms with E-state index in [1.54, 1.807) is 6.92 Å². The Hall–Kier alpha value is -2.08. The van der Waals surface area contributed by atoms with Gasteiger partial charge in [0.1, 0.15) is 5.69 Å². The molecule has 1 N–H and O–H groups in total. The molecule has 1 aromatic heterocycles. The number of H-pyrrole nitrogens is 1. The Labute approximate surface area is 139 Å². The number of Topliss-reactive ketones (excluding diaryl/α,β-unsaturated/α-hetero) is 1. The number of nitrogens with one attached hydrogen (secondary N) is 1. The van der Waals surface area contributed by atoms with Gasteiger partial charge in [-0.25, -0.2) is 9.78 Å². The van der Waals surface area contributed by atoms with Gasteiger partial charge < -0.3 is 9.72 Å². The smallest absolute Gasteiger partial charge is 0.356 e. The Morgan fingerprint density at radius 2 is 1.96 bits per heavy atom. The first-order valence-corrected chi connectivity index (χ1v) is 8.48. The zero-order chi connectivity index (χ0) is 16.8. The molecule has 0 spiro atoms. The van der Waals surface area contributed by atoms with Gasteiger partial charge in [0.2, 0.25) is 0 Å². The van der Waals surface area contributed by atoms with Crippen molar-refractivity contribution in [1.29, 1.82) is 0 Å². The van der Waals surface area contributed by atoms with Gasteiger partial charge in [-0.1, -0.05) is 49.9 Å². The Morgan fingerprint density at radius 3 is 2.57 bits per heavy atom. The van der Waals surface area contributed by atoms with Crippen LogP contribution in [-0.4, -0.2) is 34.1 Å². The summed E-state index contributed by atoms with van der Waals surface area (Å²) in [5.41, 5.74) is 2.18. The van der Waals surface area contributed by atoms with Gasteiger partial charge in [-0.3, -0.25) is 4.79 Å². The number of carbonyl (C=O) groups is 2.